The Morgan fingerprint density at radius 2 is 2.09 bits per heavy atom. The first-order valence-corrected chi connectivity index (χ1v) is 3.86. The summed E-state index contributed by atoms with van der Waals surface area (Å²) in [6.07, 6.45) is 0.505. The molecule has 2 N–H and O–H groups in total. The van der Waals surface area contributed by atoms with Gasteiger partial charge in [-0.3, -0.25) is 0 Å². The van der Waals surface area contributed by atoms with Crippen molar-refractivity contribution in [3.63, 3.8) is 0 Å². The van der Waals surface area contributed by atoms with Gasteiger partial charge in [0.25, 0.3) is 0 Å². The molecule has 0 rings (SSSR count). The van der Waals surface area contributed by atoms with E-state index < -0.39 is 11.6 Å². The summed E-state index contributed by atoms with van der Waals surface area (Å²) in [4.78, 5) is 9.84. The van der Waals surface area contributed by atoms with Crippen LogP contribution >= 0.6 is 11.8 Å². The molecule has 0 aliphatic heterocycles. The molecule has 0 aromatic rings. The molecule has 0 aromatic carbocycles. The minimum Gasteiger partial charge on any atom is -0.322 e. The normalized spacial score (nSPS) is 14.5. The molecule has 11 heavy (non-hydrogen) atoms. The van der Waals surface area contributed by atoms with Gasteiger partial charge in [0.2, 0.25) is 0 Å². The average Bonchev–Trinajstić information content (AvgIpc) is 1.85. The third-order valence-electron chi connectivity index (χ3n) is 0.892. The largest absolute Gasteiger partial charge is 0.441 e. The van der Waals surface area contributed by atoms with Crippen LogP contribution in [-0.2, 0) is 4.79 Å². The van der Waals surface area contributed by atoms with Gasteiger partial charge >= 0.3 is 5.51 Å². The molecule has 0 radical (unpaired) electrons. The van der Waals surface area contributed by atoms with Gasteiger partial charge in [-0.25, -0.2) is 0 Å². The molecule has 0 aliphatic rings. The van der Waals surface area contributed by atoms with E-state index in [0.717, 1.165) is 0 Å². The van der Waals surface area contributed by atoms with Crippen LogP contribution in [0.1, 0.15) is 6.42 Å². The quantitative estimate of drug-likeness (QED) is 0.671. The van der Waals surface area contributed by atoms with Crippen molar-refractivity contribution >= 4 is 18.0 Å². The summed E-state index contributed by atoms with van der Waals surface area (Å²) in [6, 6.07) is -0.773. The number of halogens is 3. The summed E-state index contributed by atoms with van der Waals surface area (Å²) in [5.41, 5.74) is 0.834. The zero-order valence-electron chi connectivity index (χ0n) is 5.60. The molecular weight excluding hydrogens is 179 g/mol. The van der Waals surface area contributed by atoms with E-state index >= 15 is 0 Å². The lowest BCUT2D eigenvalue weighted by atomic mass is 10.3. The molecule has 0 saturated heterocycles. The first-order valence-electron chi connectivity index (χ1n) is 2.87. The molecule has 0 aromatic heterocycles. The number of carbonyl (C=O) groups excluding carboxylic acids is 1. The highest BCUT2D eigenvalue weighted by molar-refractivity contribution is 8.00. The number of rotatable bonds is 4. The maximum Gasteiger partial charge on any atom is 0.441 e. The van der Waals surface area contributed by atoms with Crippen LogP contribution < -0.4 is 5.73 Å². The summed E-state index contributed by atoms with van der Waals surface area (Å²) in [5.74, 6) is -0.163. The highest BCUT2D eigenvalue weighted by Crippen LogP contribution is 2.30. The molecule has 0 heterocycles. The van der Waals surface area contributed by atoms with Gasteiger partial charge in [0, 0.05) is 5.75 Å². The van der Waals surface area contributed by atoms with Crippen molar-refractivity contribution in [2.24, 2.45) is 5.73 Å². The predicted molar refractivity (Wildman–Crippen MR) is 37.2 cm³/mol. The predicted octanol–water partition coefficient (Wildman–Crippen LogP) is 1.16. The van der Waals surface area contributed by atoms with Gasteiger partial charge in [0.05, 0.1) is 6.04 Å². The minimum absolute atomic E-state index is 0.0632. The lowest BCUT2D eigenvalue weighted by Gasteiger charge is -2.05. The van der Waals surface area contributed by atoms with E-state index in [1.165, 1.54) is 0 Å². The highest BCUT2D eigenvalue weighted by atomic mass is 32.2. The number of carbonyl (C=O) groups is 1. The van der Waals surface area contributed by atoms with Gasteiger partial charge in [0.15, 0.2) is 0 Å². The second kappa shape index (κ2) is 4.61. The fourth-order valence-corrected chi connectivity index (χ4v) is 1.00. The summed E-state index contributed by atoms with van der Waals surface area (Å²) >= 11 is -0.162. The Morgan fingerprint density at radius 1 is 1.55 bits per heavy atom. The molecule has 0 unspecified atom stereocenters. The monoisotopic (exact) mass is 187 g/mol. The van der Waals surface area contributed by atoms with E-state index in [2.05, 4.69) is 0 Å². The molecule has 0 bridgehead atoms. The van der Waals surface area contributed by atoms with E-state index in [4.69, 9.17) is 5.73 Å². The third-order valence-corrected chi connectivity index (χ3v) is 1.66. The summed E-state index contributed by atoms with van der Waals surface area (Å²) in [7, 11) is 0. The van der Waals surface area contributed by atoms with E-state index in [1.807, 2.05) is 0 Å². The fraction of sp³-hybridized carbons (Fsp3) is 0.800. The topological polar surface area (TPSA) is 43.1 Å². The molecule has 0 spiro atoms. The van der Waals surface area contributed by atoms with Crippen LogP contribution in [0.4, 0.5) is 13.2 Å². The van der Waals surface area contributed by atoms with Gasteiger partial charge < -0.3 is 10.5 Å². The van der Waals surface area contributed by atoms with Crippen molar-refractivity contribution in [1.29, 1.82) is 0 Å². The van der Waals surface area contributed by atoms with E-state index in [0.29, 0.717) is 6.29 Å². The van der Waals surface area contributed by atoms with Crippen molar-refractivity contribution in [3.05, 3.63) is 0 Å². The second-order valence-corrected chi connectivity index (χ2v) is 3.04. The van der Waals surface area contributed by atoms with Crippen LogP contribution in [0.25, 0.3) is 0 Å². The number of nitrogens with two attached hydrogens (primary N) is 1. The molecule has 2 nitrogen and oxygen atoms in total. The molecule has 0 fully saturated rings. The highest BCUT2D eigenvalue weighted by Gasteiger charge is 2.27. The number of hydrogen-bond donors (Lipinski definition) is 1. The fourth-order valence-electron chi connectivity index (χ4n) is 0.379. The molecular formula is C5H8F3NOS. The number of aldehydes is 1. The van der Waals surface area contributed by atoms with E-state index in [9.17, 15) is 18.0 Å². The van der Waals surface area contributed by atoms with Gasteiger partial charge in [-0.1, -0.05) is 11.8 Å². The first kappa shape index (κ1) is 10.8. The lowest BCUT2D eigenvalue weighted by Crippen LogP contribution is -2.22. The molecule has 0 amide bonds. The number of hydrogen-bond acceptors (Lipinski definition) is 3. The molecule has 0 aliphatic carbocycles. The van der Waals surface area contributed by atoms with Crippen LogP contribution in [0.3, 0.4) is 0 Å². The lowest BCUT2D eigenvalue weighted by molar-refractivity contribution is -0.108. The van der Waals surface area contributed by atoms with Gasteiger partial charge in [-0.05, 0) is 6.42 Å². The average molecular weight is 187 g/mol. The number of alkyl halides is 3. The third kappa shape index (κ3) is 7.67. The Hall–Kier alpha value is -0.230. The standard InChI is InChI=1S/C5H8F3NOS/c6-5(7,8)11-2-1-4(9)3-10/h3-4H,1-2,9H2/t4-/m0/s1. The van der Waals surface area contributed by atoms with Crippen molar-refractivity contribution in [3.8, 4) is 0 Å². The molecule has 1 atom stereocenters. The van der Waals surface area contributed by atoms with Crippen molar-refractivity contribution in [2.45, 2.75) is 18.0 Å². The maximum absolute atomic E-state index is 11.4. The molecule has 6 heteroatoms. The number of thioether (sulfide) groups is 1. The minimum atomic E-state index is -4.22. The summed E-state index contributed by atoms with van der Waals surface area (Å²) in [5, 5.41) is 0. The van der Waals surface area contributed by atoms with E-state index in [-0.39, 0.29) is 23.9 Å². The van der Waals surface area contributed by atoms with Crippen LogP contribution in [0.5, 0.6) is 0 Å². The van der Waals surface area contributed by atoms with E-state index in [1.54, 1.807) is 0 Å². The van der Waals surface area contributed by atoms with Gasteiger partial charge in [0.1, 0.15) is 6.29 Å². The van der Waals surface area contributed by atoms with Crippen LogP contribution in [0.15, 0.2) is 0 Å². The van der Waals surface area contributed by atoms with Gasteiger partial charge in [-0.2, -0.15) is 13.2 Å². The smallest absolute Gasteiger partial charge is 0.322 e. The van der Waals surface area contributed by atoms with Crippen molar-refractivity contribution in [1.82, 2.24) is 0 Å². The summed E-state index contributed by atoms with van der Waals surface area (Å²) in [6.45, 7) is 0. The Labute approximate surface area is 66.3 Å². The Morgan fingerprint density at radius 3 is 2.45 bits per heavy atom. The molecule has 66 valence electrons. The second-order valence-electron chi connectivity index (χ2n) is 1.88. The van der Waals surface area contributed by atoms with Crippen LogP contribution in [-0.4, -0.2) is 23.6 Å². The summed E-state index contributed by atoms with van der Waals surface area (Å²) < 4.78 is 34.3. The molecule has 0 saturated carbocycles. The zero-order valence-corrected chi connectivity index (χ0v) is 6.41. The van der Waals surface area contributed by atoms with Crippen LogP contribution in [0, 0.1) is 0 Å². The first-order chi connectivity index (χ1) is 4.95. The van der Waals surface area contributed by atoms with Crippen LogP contribution in [0.2, 0.25) is 0 Å². The Kier molecular flexibility index (Phi) is 4.51. The van der Waals surface area contributed by atoms with Gasteiger partial charge in [-0.15, -0.1) is 0 Å². The van der Waals surface area contributed by atoms with Crippen molar-refractivity contribution in [2.75, 3.05) is 5.75 Å². The SMILES string of the molecule is N[C@H](C=O)CCSC(F)(F)F. The zero-order chi connectivity index (χ0) is 8.91. The Balaban J connectivity index is 3.35. The Bertz CT molecular complexity index is 127. The maximum atomic E-state index is 11.4. The van der Waals surface area contributed by atoms with Crippen molar-refractivity contribution < 1.29 is 18.0 Å².